The fraction of sp³-hybridized carbons (Fsp3) is 0.0556. The van der Waals surface area contributed by atoms with E-state index in [2.05, 4.69) is 10.3 Å². The van der Waals surface area contributed by atoms with E-state index in [1.165, 1.54) is 24.3 Å². The van der Waals surface area contributed by atoms with Gasteiger partial charge in [-0.2, -0.15) is 0 Å². The van der Waals surface area contributed by atoms with E-state index < -0.39 is 11.8 Å². The van der Waals surface area contributed by atoms with E-state index in [0.717, 1.165) is 17.3 Å². The fourth-order valence-electron chi connectivity index (χ4n) is 2.19. The second-order valence-electron chi connectivity index (χ2n) is 5.31. The van der Waals surface area contributed by atoms with Crippen molar-refractivity contribution in [2.75, 3.05) is 0 Å². The number of carboxylic acid groups (broad SMARTS) is 1. The number of carbonyl (C=O) groups excluding carboxylic acids is 1. The summed E-state index contributed by atoms with van der Waals surface area (Å²) in [6.07, 6.45) is 1.46. The minimum Gasteiger partial charge on any atom is -0.478 e. The number of nitrogens with zero attached hydrogens (tertiary/aromatic N) is 1. The maximum Gasteiger partial charge on any atom is 0.335 e. The molecule has 0 saturated carbocycles. The molecule has 0 bridgehead atoms. The predicted molar refractivity (Wildman–Crippen MR) is 95.3 cm³/mol. The Kier molecular flexibility index (Phi) is 4.67. The molecule has 1 amide bonds. The summed E-state index contributed by atoms with van der Waals surface area (Å²) in [7, 11) is 0. The molecule has 25 heavy (non-hydrogen) atoms. The van der Waals surface area contributed by atoms with Crippen LogP contribution in [0.15, 0.2) is 52.4 Å². The number of benzene rings is 2. The van der Waals surface area contributed by atoms with Crippen LogP contribution in [0.2, 0.25) is 0 Å². The number of carboxylic acids is 1. The van der Waals surface area contributed by atoms with Gasteiger partial charge in [0.05, 0.1) is 16.2 Å². The molecule has 2 aromatic rings. The molecule has 0 atom stereocenters. The molecule has 7 heteroatoms. The van der Waals surface area contributed by atoms with Crippen molar-refractivity contribution in [2.45, 2.75) is 6.92 Å². The van der Waals surface area contributed by atoms with Crippen molar-refractivity contribution in [1.29, 1.82) is 0 Å². The predicted octanol–water partition coefficient (Wildman–Crippen LogP) is 3.72. The largest absolute Gasteiger partial charge is 0.478 e. The second-order valence-corrected chi connectivity index (χ2v) is 6.34. The van der Waals surface area contributed by atoms with Crippen molar-refractivity contribution in [3.63, 3.8) is 0 Å². The minimum atomic E-state index is -1.05. The van der Waals surface area contributed by atoms with Crippen molar-refractivity contribution < 1.29 is 19.1 Å². The van der Waals surface area contributed by atoms with Gasteiger partial charge in [0.2, 0.25) is 0 Å². The highest BCUT2D eigenvalue weighted by Gasteiger charge is 2.24. The van der Waals surface area contributed by atoms with Gasteiger partial charge in [-0.05, 0) is 48.5 Å². The number of aryl methyl sites for hydroxylation is 1. The third-order valence-electron chi connectivity index (χ3n) is 3.52. The van der Waals surface area contributed by atoms with Crippen LogP contribution >= 0.6 is 11.8 Å². The lowest BCUT2D eigenvalue weighted by Gasteiger charge is -2.03. The summed E-state index contributed by atoms with van der Waals surface area (Å²) < 4.78 is 13.7. The second kappa shape index (κ2) is 6.90. The average Bonchev–Trinajstić information content (AvgIpc) is 2.91. The van der Waals surface area contributed by atoms with Gasteiger partial charge in [-0.3, -0.25) is 4.79 Å². The van der Waals surface area contributed by atoms with Gasteiger partial charge in [0.15, 0.2) is 5.17 Å². The molecule has 5 nitrogen and oxygen atoms in total. The lowest BCUT2D eigenvalue weighted by Crippen LogP contribution is -2.19. The zero-order chi connectivity index (χ0) is 18.0. The highest BCUT2D eigenvalue weighted by molar-refractivity contribution is 8.18. The van der Waals surface area contributed by atoms with Crippen LogP contribution in [0.1, 0.15) is 21.5 Å². The van der Waals surface area contributed by atoms with Gasteiger partial charge in [0, 0.05) is 5.56 Å². The zero-order valence-corrected chi connectivity index (χ0v) is 13.9. The van der Waals surface area contributed by atoms with Gasteiger partial charge in [0.1, 0.15) is 5.82 Å². The standard InChI is InChI=1S/C18H13FN2O3S/c1-10-6-7-12(17(23)24)8-14(10)20-18-21-16(22)15(25-18)9-11-4-2-3-5-13(11)19/h2-9H,1H3,(H,23,24)(H,20,21,22)/b15-9-. The van der Waals surface area contributed by atoms with Crippen LogP contribution in [0.4, 0.5) is 10.1 Å². The van der Waals surface area contributed by atoms with Crippen LogP contribution in [0, 0.1) is 12.7 Å². The number of rotatable bonds is 3. The van der Waals surface area contributed by atoms with Gasteiger partial charge in [0.25, 0.3) is 5.91 Å². The van der Waals surface area contributed by atoms with Crippen molar-refractivity contribution in [3.05, 3.63) is 69.9 Å². The van der Waals surface area contributed by atoms with Crippen LogP contribution in [0.3, 0.4) is 0 Å². The van der Waals surface area contributed by atoms with Crippen molar-refractivity contribution in [1.82, 2.24) is 5.32 Å². The Morgan fingerprint density at radius 1 is 1.28 bits per heavy atom. The summed E-state index contributed by atoms with van der Waals surface area (Å²) >= 11 is 1.08. The third-order valence-corrected chi connectivity index (χ3v) is 4.43. The van der Waals surface area contributed by atoms with E-state index >= 15 is 0 Å². The quantitative estimate of drug-likeness (QED) is 0.822. The highest BCUT2D eigenvalue weighted by atomic mass is 32.2. The lowest BCUT2D eigenvalue weighted by molar-refractivity contribution is -0.115. The monoisotopic (exact) mass is 356 g/mol. The Balaban J connectivity index is 1.90. The first-order chi connectivity index (χ1) is 11.9. The summed E-state index contributed by atoms with van der Waals surface area (Å²) in [5.41, 5.74) is 1.65. The molecule has 0 aliphatic carbocycles. The Hall–Kier alpha value is -2.93. The summed E-state index contributed by atoms with van der Waals surface area (Å²) in [5, 5.41) is 12.0. The maximum atomic E-state index is 13.7. The van der Waals surface area contributed by atoms with E-state index in [4.69, 9.17) is 5.11 Å². The van der Waals surface area contributed by atoms with E-state index in [0.29, 0.717) is 21.3 Å². The number of hydrogen-bond donors (Lipinski definition) is 2. The molecule has 1 heterocycles. The van der Waals surface area contributed by atoms with Gasteiger partial charge in [-0.25, -0.2) is 14.2 Å². The SMILES string of the molecule is Cc1ccc(C(=O)O)cc1N=C1NC(=O)/C(=C/c2ccccc2F)S1. The molecule has 1 saturated heterocycles. The van der Waals surface area contributed by atoms with E-state index in [-0.39, 0.29) is 11.5 Å². The number of aliphatic imine (C=N–C) groups is 1. The minimum absolute atomic E-state index is 0.112. The normalized spacial score (nSPS) is 17.1. The lowest BCUT2D eigenvalue weighted by atomic mass is 10.1. The Morgan fingerprint density at radius 2 is 2.04 bits per heavy atom. The molecule has 126 valence electrons. The number of aromatic carboxylic acids is 1. The van der Waals surface area contributed by atoms with E-state index in [1.54, 1.807) is 31.2 Å². The van der Waals surface area contributed by atoms with Crippen molar-refractivity contribution in [2.24, 2.45) is 4.99 Å². The molecule has 0 aromatic heterocycles. The highest BCUT2D eigenvalue weighted by Crippen LogP contribution is 2.30. The summed E-state index contributed by atoms with van der Waals surface area (Å²) in [6.45, 7) is 1.79. The number of halogens is 1. The summed E-state index contributed by atoms with van der Waals surface area (Å²) in [6, 6.07) is 10.7. The molecule has 1 aliphatic heterocycles. The number of nitrogens with one attached hydrogen (secondary N) is 1. The first kappa shape index (κ1) is 16.9. The fourth-order valence-corrected chi connectivity index (χ4v) is 3.01. The molecular weight excluding hydrogens is 343 g/mol. The van der Waals surface area contributed by atoms with Crippen LogP contribution in [-0.2, 0) is 4.79 Å². The Labute approximate surface area is 147 Å². The molecular formula is C18H13FN2O3S. The molecule has 1 aliphatic rings. The average molecular weight is 356 g/mol. The first-order valence-corrected chi connectivity index (χ1v) is 8.14. The molecule has 2 aromatic carbocycles. The van der Waals surface area contributed by atoms with Gasteiger partial charge < -0.3 is 10.4 Å². The van der Waals surface area contributed by atoms with Crippen molar-refractivity contribution in [3.8, 4) is 0 Å². The van der Waals surface area contributed by atoms with Gasteiger partial charge >= 0.3 is 5.97 Å². The molecule has 0 unspecified atom stereocenters. The number of carbonyl (C=O) groups is 2. The van der Waals surface area contributed by atoms with E-state index in [1.807, 2.05) is 0 Å². The Bertz CT molecular complexity index is 938. The van der Waals surface area contributed by atoms with Crippen molar-refractivity contribution >= 4 is 40.6 Å². The third kappa shape index (κ3) is 3.77. The first-order valence-electron chi connectivity index (χ1n) is 7.32. The maximum absolute atomic E-state index is 13.7. The number of thioether (sulfide) groups is 1. The molecule has 0 radical (unpaired) electrons. The number of amides is 1. The zero-order valence-electron chi connectivity index (χ0n) is 13.1. The molecule has 3 rings (SSSR count). The van der Waals surface area contributed by atoms with Gasteiger partial charge in [-0.1, -0.05) is 24.3 Å². The van der Waals surface area contributed by atoms with Crippen LogP contribution in [0.25, 0.3) is 6.08 Å². The van der Waals surface area contributed by atoms with Gasteiger partial charge in [-0.15, -0.1) is 0 Å². The van der Waals surface area contributed by atoms with Crippen LogP contribution in [-0.4, -0.2) is 22.2 Å². The summed E-state index contributed by atoms with van der Waals surface area (Å²) in [5.74, 6) is -1.84. The number of amidine groups is 1. The van der Waals surface area contributed by atoms with Crippen LogP contribution in [0.5, 0.6) is 0 Å². The smallest absolute Gasteiger partial charge is 0.335 e. The number of hydrogen-bond acceptors (Lipinski definition) is 4. The summed E-state index contributed by atoms with van der Waals surface area (Å²) in [4.78, 5) is 27.8. The molecule has 1 fully saturated rings. The Morgan fingerprint density at radius 3 is 2.76 bits per heavy atom. The van der Waals surface area contributed by atoms with Crippen LogP contribution < -0.4 is 5.32 Å². The van der Waals surface area contributed by atoms with E-state index in [9.17, 15) is 14.0 Å². The molecule has 2 N–H and O–H groups in total. The molecule has 0 spiro atoms. The topological polar surface area (TPSA) is 78.8 Å².